The maximum Gasteiger partial charge on any atom is 0.329 e. The second-order valence-electron chi connectivity index (χ2n) is 2.78. The molecule has 0 amide bonds. The summed E-state index contributed by atoms with van der Waals surface area (Å²) in [4.78, 5) is 10.1. The minimum Gasteiger partial charge on any atom is -0.480 e. The molecule has 78 valence electrons. The van der Waals surface area contributed by atoms with Gasteiger partial charge in [-0.3, -0.25) is 0 Å². The van der Waals surface area contributed by atoms with E-state index in [9.17, 15) is 9.18 Å². The molecule has 0 heterocycles. The van der Waals surface area contributed by atoms with Crippen molar-refractivity contribution >= 4 is 5.97 Å². The number of carbonyl (C=O) groups is 1. The number of hydrogen-bond acceptors (Lipinski definition) is 3. The van der Waals surface area contributed by atoms with Gasteiger partial charge in [0.1, 0.15) is 18.5 Å². The van der Waals surface area contributed by atoms with E-state index in [0.717, 1.165) is 0 Å². The first-order chi connectivity index (χ1) is 7.15. The molecule has 1 rings (SSSR count). The Morgan fingerprint density at radius 2 is 2.33 bits per heavy atom. The van der Waals surface area contributed by atoms with Crippen molar-refractivity contribution in [3.63, 3.8) is 0 Å². The Bertz CT molecular complexity index is 412. The number of hydrogen-bond donors (Lipinski definition) is 1. The molecule has 0 saturated carbocycles. The predicted octanol–water partition coefficient (Wildman–Crippen LogP) is 1.30. The normalized spacial score (nSPS) is 9.60. The number of aliphatic carboxylic acids is 1. The summed E-state index contributed by atoms with van der Waals surface area (Å²) in [7, 11) is 0. The summed E-state index contributed by atoms with van der Waals surface area (Å²) < 4.78 is 18.1. The van der Waals surface area contributed by atoms with E-state index in [1.165, 1.54) is 18.2 Å². The standard InChI is InChI=1S/C10H8FNO3/c11-10-7(4-12)2-1-3-8(10)5-15-6-9(13)14/h1-3H,5-6H2,(H,13,14). The summed E-state index contributed by atoms with van der Waals surface area (Å²) >= 11 is 0. The highest BCUT2D eigenvalue weighted by Crippen LogP contribution is 2.12. The molecule has 5 heteroatoms. The van der Waals surface area contributed by atoms with Gasteiger partial charge in [0.25, 0.3) is 0 Å². The van der Waals surface area contributed by atoms with E-state index in [0.29, 0.717) is 0 Å². The van der Waals surface area contributed by atoms with Crippen molar-refractivity contribution in [3.8, 4) is 6.07 Å². The molecule has 0 aliphatic rings. The van der Waals surface area contributed by atoms with Crippen LogP contribution in [0.2, 0.25) is 0 Å². The van der Waals surface area contributed by atoms with Crippen molar-refractivity contribution in [1.29, 1.82) is 5.26 Å². The second kappa shape index (κ2) is 5.08. The Hall–Kier alpha value is -1.93. The number of ether oxygens (including phenoxy) is 1. The molecule has 0 bridgehead atoms. The van der Waals surface area contributed by atoms with Gasteiger partial charge in [-0.25, -0.2) is 9.18 Å². The first kappa shape index (κ1) is 11.1. The van der Waals surface area contributed by atoms with Crippen molar-refractivity contribution in [2.45, 2.75) is 6.61 Å². The minimum atomic E-state index is -1.12. The third-order valence-electron chi connectivity index (χ3n) is 1.68. The lowest BCUT2D eigenvalue weighted by atomic mass is 10.1. The summed E-state index contributed by atoms with van der Waals surface area (Å²) in [6.07, 6.45) is 0. The molecule has 0 saturated heterocycles. The highest BCUT2D eigenvalue weighted by atomic mass is 19.1. The fourth-order valence-corrected chi connectivity index (χ4v) is 1.03. The Kier molecular flexibility index (Phi) is 3.77. The van der Waals surface area contributed by atoms with Crippen LogP contribution in [0.5, 0.6) is 0 Å². The molecule has 1 aromatic rings. The fraction of sp³-hybridized carbons (Fsp3) is 0.200. The lowest BCUT2D eigenvalue weighted by molar-refractivity contribution is -0.142. The van der Waals surface area contributed by atoms with E-state index < -0.39 is 18.4 Å². The van der Waals surface area contributed by atoms with Crippen LogP contribution in [0, 0.1) is 17.1 Å². The fourth-order valence-electron chi connectivity index (χ4n) is 1.03. The van der Waals surface area contributed by atoms with Crippen LogP contribution in [0.4, 0.5) is 4.39 Å². The number of carboxylic acid groups (broad SMARTS) is 1. The molecule has 0 atom stereocenters. The van der Waals surface area contributed by atoms with Crippen LogP contribution < -0.4 is 0 Å². The molecular formula is C10H8FNO3. The molecule has 0 aliphatic heterocycles. The topological polar surface area (TPSA) is 70.3 Å². The van der Waals surface area contributed by atoms with Crippen molar-refractivity contribution in [2.75, 3.05) is 6.61 Å². The van der Waals surface area contributed by atoms with Crippen molar-refractivity contribution in [2.24, 2.45) is 0 Å². The average Bonchev–Trinajstić information content (AvgIpc) is 2.20. The molecule has 0 aromatic heterocycles. The van der Waals surface area contributed by atoms with E-state index >= 15 is 0 Å². The number of benzene rings is 1. The Labute approximate surface area is 85.5 Å². The lowest BCUT2D eigenvalue weighted by Gasteiger charge is -2.03. The van der Waals surface area contributed by atoms with Gasteiger partial charge in [0.05, 0.1) is 12.2 Å². The highest BCUT2D eigenvalue weighted by Gasteiger charge is 2.07. The molecule has 0 radical (unpaired) electrons. The van der Waals surface area contributed by atoms with Gasteiger partial charge in [-0.1, -0.05) is 12.1 Å². The van der Waals surface area contributed by atoms with E-state index in [4.69, 9.17) is 15.1 Å². The van der Waals surface area contributed by atoms with Gasteiger partial charge in [0.2, 0.25) is 0 Å². The largest absolute Gasteiger partial charge is 0.480 e. The monoisotopic (exact) mass is 209 g/mol. The van der Waals surface area contributed by atoms with Gasteiger partial charge in [-0.05, 0) is 6.07 Å². The van der Waals surface area contributed by atoms with E-state index in [-0.39, 0.29) is 17.7 Å². The average molecular weight is 209 g/mol. The zero-order valence-electron chi connectivity index (χ0n) is 7.74. The predicted molar refractivity (Wildman–Crippen MR) is 48.4 cm³/mol. The number of carboxylic acids is 1. The zero-order chi connectivity index (χ0) is 11.3. The molecule has 15 heavy (non-hydrogen) atoms. The maximum atomic E-state index is 13.3. The minimum absolute atomic E-state index is 0.0774. The van der Waals surface area contributed by atoms with Gasteiger partial charge in [0.15, 0.2) is 0 Å². The molecule has 1 aromatic carbocycles. The van der Waals surface area contributed by atoms with Gasteiger partial charge in [-0.15, -0.1) is 0 Å². The molecule has 0 unspecified atom stereocenters. The summed E-state index contributed by atoms with van der Waals surface area (Å²) in [6, 6.07) is 5.99. The van der Waals surface area contributed by atoms with Crippen molar-refractivity contribution in [1.82, 2.24) is 0 Å². The zero-order valence-corrected chi connectivity index (χ0v) is 7.74. The summed E-state index contributed by atoms with van der Waals surface area (Å²) in [6.45, 7) is -0.649. The Morgan fingerprint density at radius 1 is 1.60 bits per heavy atom. The number of nitriles is 1. The molecule has 0 spiro atoms. The SMILES string of the molecule is N#Cc1cccc(COCC(=O)O)c1F. The van der Waals surface area contributed by atoms with Crippen LogP contribution in [0.15, 0.2) is 18.2 Å². The highest BCUT2D eigenvalue weighted by molar-refractivity contribution is 5.67. The van der Waals surface area contributed by atoms with Crippen LogP contribution in [0.25, 0.3) is 0 Å². The first-order valence-corrected chi connectivity index (χ1v) is 4.12. The van der Waals surface area contributed by atoms with Crippen LogP contribution in [-0.4, -0.2) is 17.7 Å². The van der Waals surface area contributed by atoms with Crippen LogP contribution in [0.3, 0.4) is 0 Å². The van der Waals surface area contributed by atoms with E-state index in [1.807, 2.05) is 0 Å². The number of halogens is 1. The van der Waals surface area contributed by atoms with E-state index in [2.05, 4.69) is 0 Å². The van der Waals surface area contributed by atoms with Gasteiger partial charge >= 0.3 is 5.97 Å². The van der Waals surface area contributed by atoms with Crippen LogP contribution in [0.1, 0.15) is 11.1 Å². The van der Waals surface area contributed by atoms with Crippen LogP contribution >= 0.6 is 0 Å². The lowest BCUT2D eigenvalue weighted by Crippen LogP contribution is -2.07. The van der Waals surface area contributed by atoms with Gasteiger partial charge < -0.3 is 9.84 Å². The summed E-state index contributed by atoms with van der Waals surface area (Å²) in [5.74, 6) is -1.78. The molecule has 1 N–H and O–H groups in total. The Balaban J connectivity index is 2.70. The molecule has 0 fully saturated rings. The first-order valence-electron chi connectivity index (χ1n) is 4.12. The second-order valence-corrected chi connectivity index (χ2v) is 2.78. The van der Waals surface area contributed by atoms with Gasteiger partial charge in [0, 0.05) is 5.56 Å². The van der Waals surface area contributed by atoms with Crippen LogP contribution in [-0.2, 0) is 16.1 Å². The van der Waals surface area contributed by atoms with E-state index in [1.54, 1.807) is 6.07 Å². The maximum absolute atomic E-state index is 13.3. The summed E-state index contributed by atoms with van der Waals surface area (Å²) in [5, 5.41) is 16.8. The van der Waals surface area contributed by atoms with Gasteiger partial charge in [-0.2, -0.15) is 5.26 Å². The summed E-state index contributed by atoms with van der Waals surface area (Å²) in [5.41, 5.74) is 0.0988. The third-order valence-corrected chi connectivity index (χ3v) is 1.68. The molecular weight excluding hydrogens is 201 g/mol. The van der Waals surface area contributed by atoms with Crippen molar-refractivity contribution in [3.05, 3.63) is 35.1 Å². The Morgan fingerprint density at radius 3 is 2.93 bits per heavy atom. The molecule has 4 nitrogen and oxygen atoms in total. The number of nitrogens with zero attached hydrogens (tertiary/aromatic N) is 1. The third kappa shape index (κ3) is 3.04. The molecule has 0 aliphatic carbocycles. The number of rotatable bonds is 4. The van der Waals surface area contributed by atoms with Crippen molar-refractivity contribution < 1.29 is 19.0 Å². The smallest absolute Gasteiger partial charge is 0.329 e. The quantitative estimate of drug-likeness (QED) is 0.811.